The minimum atomic E-state index is -0.250. The van der Waals surface area contributed by atoms with Crippen molar-refractivity contribution in [2.75, 3.05) is 13.2 Å². The summed E-state index contributed by atoms with van der Waals surface area (Å²) in [6, 6.07) is 0. The second-order valence-electron chi connectivity index (χ2n) is 5.43. The van der Waals surface area contributed by atoms with Crippen LogP contribution in [0.5, 0.6) is 0 Å². The average Bonchev–Trinajstić information content (AvgIpc) is 2.28. The predicted molar refractivity (Wildman–Crippen MR) is 64.5 cm³/mol. The maximum Gasteiger partial charge on any atom is 0.290 e. The monoisotopic (exact) mass is 244 g/mol. The maximum atomic E-state index is 8.36. The smallest absolute Gasteiger partial charge is 0.290 e. The van der Waals surface area contributed by atoms with Gasteiger partial charge >= 0.3 is 0 Å². The van der Waals surface area contributed by atoms with Crippen molar-refractivity contribution in [3.05, 3.63) is 0 Å². The highest BCUT2D eigenvalue weighted by atomic mass is 16.3. The molecule has 0 saturated heterocycles. The molecule has 0 spiro atoms. The fourth-order valence-corrected chi connectivity index (χ4v) is 3.98. The zero-order chi connectivity index (χ0) is 12.7. The first-order valence-corrected chi connectivity index (χ1v) is 6.53. The molecule has 0 amide bonds. The molecule has 4 rings (SSSR count). The maximum absolute atomic E-state index is 8.36. The SMILES string of the molecule is C1C2CC3CC1CC(C2)C3.O=CO.OCCO. The van der Waals surface area contributed by atoms with Crippen LogP contribution in [0.4, 0.5) is 0 Å². The van der Waals surface area contributed by atoms with Crippen LogP contribution in [0.25, 0.3) is 0 Å². The van der Waals surface area contributed by atoms with Gasteiger partial charge in [0.2, 0.25) is 0 Å². The molecule has 4 aliphatic carbocycles. The summed E-state index contributed by atoms with van der Waals surface area (Å²) in [6.45, 7) is -0.500. The van der Waals surface area contributed by atoms with Crippen LogP contribution in [0, 0.1) is 23.7 Å². The van der Waals surface area contributed by atoms with Gasteiger partial charge in [-0.1, -0.05) is 0 Å². The Balaban J connectivity index is 0.000000177. The summed E-state index contributed by atoms with van der Waals surface area (Å²) in [5.41, 5.74) is 0. The van der Waals surface area contributed by atoms with E-state index in [0.29, 0.717) is 0 Å². The summed E-state index contributed by atoms with van der Waals surface area (Å²) in [7, 11) is 0. The normalized spacial score (nSPS) is 36.4. The van der Waals surface area contributed by atoms with Crippen molar-refractivity contribution >= 4 is 6.47 Å². The van der Waals surface area contributed by atoms with Gasteiger partial charge in [0.25, 0.3) is 6.47 Å². The Kier molecular flexibility index (Phi) is 6.52. The Hall–Kier alpha value is -0.610. The number of hydrogen-bond donors (Lipinski definition) is 3. The van der Waals surface area contributed by atoms with E-state index in [2.05, 4.69) is 0 Å². The molecule has 4 fully saturated rings. The zero-order valence-electron chi connectivity index (χ0n) is 10.3. The number of hydrogen-bond acceptors (Lipinski definition) is 3. The van der Waals surface area contributed by atoms with Crippen molar-refractivity contribution in [2.45, 2.75) is 38.5 Å². The van der Waals surface area contributed by atoms with E-state index >= 15 is 0 Å². The molecule has 4 nitrogen and oxygen atoms in total. The lowest BCUT2D eigenvalue weighted by Gasteiger charge is -2.49. The summed E-state index contributed by atoms with van der Waals surface area (Å²) in [4.78, 5) is 8.36. The molecule has 0 atom stereocenters. The number of aliphatic hydroxyl groups is 2. The number of carboxylic acid groups (broad SMARTS) is 1. The molecule has 17 heavy (non-hydrogen) atoms. The Morgan fingerprint density at radius 2 is 0.941 bits per heavy atom. The minimum absolute atomic E-state index is 0.125. The number of aliphatic hydroxyl groups excluding tert-OH is 2. The zero-order valence-corrected chi connectivity index (χ0v) is 10.3. The summed E-state index contributed by atoms with van der Waals surface area (Å²) in [6.07, 6.45) is 9.62. The molecule has 4 aliphatic rings. The van der Waals surface area contributed by atoms with Gasteiger partial charge in [-0.2, -0.15) is 0 Å². The quantitative estimate of drug-likeness (QED) is 0.611. The molecule has 0 radical (unpaired) electrons. The Morgan fingerprint density at radius 1 is 0.765 bits per heavy atom. The topological polar surface area (TPSA) is 77.8 Å². The van der Waals surface area contributed by atoms with E-state index in [0.717, 1.165) is 0 Å². The van der Waals surface area contributed by atoms with E-state index in [1.807, 2.05) is 0 Å². The van der Waals surface area contributed by atoms with Gasteiger partial charge in [-0.3, -0.25) is 4.79 Å². The lowest BCUT2D eigenvalue weighted by Crippen LogP contribution is -2.38. The van der Waals surface area contributed by atoms with E-state index in [1.54, 1.807) is 38.5 Å². The van der Waals surface area contributed by atoms with Gasteiger partial charge in [0.15, 0.2) is 0 Å². The fraction of sp³-hybridized carbons (Fsp3) is 0.923. The summed E-state index contributed by atoms with van der Waals surface area (Å²) < 4.78 is 0. The molecule has 3 N–H and O–H groups in total. The van der Waals surface area contributed by atoms with E-state index in [4.69, 9.17) is 20.1 Å². The van der Waals surface area contributed by atoms with Gasteiger partial charge in [-0.15, -0.1) is 0 Å². The van der Waals surface area contributed by atoms with Gasteiger partial charge in [0.05, 0.1) is 13.2 Å². The van der Waals surface area contributed by atoms with Gasteiger partial charge in [-0.05, 0) is 62.2 Å². The summed E-state index contributed by atoms with van der Waals surface area (Å²) in [5, 5.41) is 22.1. The van der Waals surface area contributed by atoms with Gasteiger partial charge in [0.1, 0.15) is 0 Å². The van der Waals surface area contributed by atoms with Crippen molar-refractivity contribution in [1.82, 2.24) is 0 Å². The Bertz CT molecular complexity index is 159. The molecule has 0 aromatic heterocycles. The third kappa shape index (κ3) is 4.64. The van der Waals surface area contributed by atoms with Crippen LogP contribution in [0.2, 0.25) is 0 Å². The highest BCUT2D eigenvalue weighted by Crippen LogP contribution is 2.53. The van der Waals surface area contributed by atoms with Gasteiger partial charge in [0, 0.05) is 0 Å². The van der Waals surface area contributed by atoms with Crippen molar-refractivity contribution in [3.63, 3.8) is 0 Å². The first-order chi connectivity index (χ1) is 8.23. The Morgan fingerprint density at radius 3 is 1.06 bits per heavy atom. The fourth-order valence-electron chi connectivity index (χ4n) is 3.98. The Labute approximate surface area is 103 Å². The van der Waals surface area contributed by atoms with Crippen LogP contribution in [0.3, 0.4) is 0 Å². The molecule has 0 aromatic rings. The van der Waals surface area contributed by atoms with E-state index in [-0.39, 0.29) is 19.7 Å². The van der Waals surface area contributed by atoms with E-state index in [1.165, 1.54) is 23.7 Å². The largest absolute Gasteiger partial charge is 0.483 e. The molecule has 0 aliphatic heterocycles. The highest BCUT2D eigenvalue weighted by molar-refractivity contribution is 5.32. The molecular weight excluding hydrogens is 220 g/mol. The van der Waals surface area contributed by atoms with Gasteiger partial charge < -0.3 is 15.3 Å². The third-order valence-corrected chi connectivity index (χ3v) is 4.10. The third-order valence-electron chi connectivity index (χ3n) is 4.10. The molecule has 4 saturated carbocycles. The van der Waals surface area contributed by atoms with Crippen LogP contribution in [-0.2, 0) is 4.79 Å². The van der Waals surface area contributed by atoms with Crippen LogP contribution in [-0.4, -0.2) is 35.0 Å². The average molecular weight is 244 g/mol. The highest BCUT2D eigenvalue weighted by Gasteiger charge is 2.41. The second-order valence-corrected chi connectivity index (χ2v) is 5.43. The molecule has 0 aromatic carbocycles. The van der Waals surface area contributed by atoms with E-state index < -0.39 is 0 Å². The standard InChI is InChI=1S/C10H16.C2H6O2.CH2O2/c1-7-2-9-4-8(1)5-10(3-7)6-9;3-1-2-4;2-1-3/h7-10H,1-6H2;3-4H,1-2H2;1H,(H,2,3). The van der Waals surface area contributed by atoms with Gasteiger partial charge in [-0.25, -0.2) is 0 Å². The predicted octanol–water partition coefficient (Wildman–Crippen LogP) is 1.50. The van der Waals surface area contributed by atoms with Crippen molar-refractivity contribution in [3.8, 4) is 0 Å². The van der Waals surface area contributed by atoms with Crippen LogP contribution < -0.4 is 0 Å². The number of carbonyl (C=O) groups is 1. The van der Waals surface area contributed by atoms with Crippen molar-refractivity contribution in [1.29, 1.82) is 0 Å². The van der Waals surface area contributed by atoms with Crippen LogP contribution >= 0.6 is 0 Å². The first-order valence-electron chi connectivity index (χ1n) is 6.53. The summed E-state index contributed by atoms with van der Waals surface area (Å²) in [5.74, 6) is 4.71. The van der Waals surface area contributed by atoms with Crippen LogP contribution in [0.15, 0.2) is 0 Å². The molecule has 0 unspecified atom stereocenters. The minimum Gasteiger partial charge on any atom is -0.483 e. The molecule has 4 bridgehead atoms. The molecule has 4 heteroatoms. The lowest BCUT2D eigenvalue weighted by molar-refractivity contribution is -0.122. The van der Waals surface area contributed by atoms with Crippen LogP contribution in [0.1, 0.15) is 38.5 Å². The lowest BCUT2D eigenvalue weighted by atomic mass is 9.56. The molecule has 100 valence electrons. The second kappa shape index (κ2) is 7.67. The van der Waals surface area contributed by atoms with E-state index in [9.17, 15) is 0 Å². The van der Waals surface area contributed by atoms with Crippen molar-refractivity contribution in [2.24, 2.45) is 23.7 Å². The summed E-state index contributed by atoms with van der Waals surface area (Å²) >= 11 is 0. The van der Waals surface area contributed by atoms with Crippen molar-refractivity contribution < 1.29 is 20.1 Å². The number of rotatable bonds is 1. The first kappa shape index (κ1) is 14.5. The molecule has 0 heterocycles. The molecular formula is C13H24O4.